The Hall–Kier alpha value is -1.19. The molecule has 9 heavy (non-hydrogen) atoms. The van der Waals surface area contributed by atoms with Gasteiger partial charge in [0, 0.05) is 6.20 Å². The lowest BCUT2D eigenvalue weighted by Crippen LogP contribution is -2.29. The van der Waals surface area contributed by atoms with Crippen molar-refractivity contribution in [2.75, 3.05) is 13.2 Å². The first kappa shape index (κ1) is 5.94. The van der Waals surface area contributed by atoms with Crippen LogP contribution in [0.25, 0.3) is 0 Å². The number of hydrogen-bond donors (Lipinski definition) is 1. The van der Waals surface area contributed by atoms with Gasteiger partial charge in [-0.1, -0.05) is 0 Å². The molecule has 0 saturated heterocycles. The summed E-state index contributed by atoms with van der Waals surface area (Å²) in [6.07, 6.45) is 1.83. The molecule has 0 fully saturated rings. The van der Waals surface area contributed by atoms with Gasteiger partial charge in [-0.2, -0.15) is 0 Å². The van der Waals surface area contributed by atoms with Crippen molar-refractivity contribution < 1.29 is 14.6 Å². The molecular weight excluding hydrogens is 122 g/mol. The third-order valence-electron chi connectivity index (χ3n) is 1.03. The van der Waals surface area contributed by atoms with Gasteiger partial charge in [0.1, 0.15) is 6.61 Å². The Balaban J connectivity index is 2.50. The summed E-state index contributed by atoms with van der Waals surface area (Å²) >= 11 is 0. The Bertz CT molecular complexity index is 143. The molecule has 0 radical (unpaired) electrons. The summed E-state index contributed by atoms with van der Waals surface area (Å²) in [6, 6.07) is 0. The number of rotatable bonds is 0. The summed E-state index contributed by atoms with van der Waals surface area (Å²) in [5.74, 6) is 0. The molecule has 4 nitrogen and oxygen atoms in total. The topological polar surface area (TPSA) is 49.8 Å². The zero-order valence-corrected chi connectivity index (χ0v) is 4.78. The third-order valence-corrected chi connectivity index (χ3v) is 1.03. The lowest BCUT2D eigenvalue weighted by Gasteiger charge is -2.17. The van der Waals surface area contributed by atoms with E-state index in [-0.39, 0.29) is 0 Å². The summed E-state index contributed by atoms with van der Waals surface area (Å²) in [6.45, 7) is 0.870. The number of nitrogens with zero attached hydrogens (tertiary/aromatic N) is 1. The smallest absolute Gasteiger partial charge is 0.411 e. The van der Waals surface area contributed by atoms with Crippen LogP contribution in [0.4, 0.5) is 4.79 Å². The van der Waals surface area contributed by atoms with Crippen LogP contribution in [0, 0.1) is 0 Å². The number of hydrogen-bond acceptors (Lipinski definition) is 2. The molecule has 0 spiro atoms. The summed E-state index contributed by atoms with van der Waals surface area (Å²) < 4.78 is 4.76. The van der Waals surface area contributed by atoms with Crippen molar-refractivity contribution in [3.8, 4) is 0 Å². The van der Waals surface area contributed by atoms with Crippen molar-refractivity contribution in [2.24, 2.45) is 0 Å². The van der Waals surface area contributed by atoms with E-state index in [1.165, 1.54) is 17.4 Å². The first-order valence-corrected chi connectivity index (χ1v) is 2.58. The molecule has 0 aromatic rings. The Kier molecular flexibility index (Phi) is 1.58. The predicted octanol–water partition coefficient (Wildman–Crippen LogP) is 0.468. The maximum Gasteiger partial charge on any atom is 0.411 e. The summed E-state index contributed by atoms with van der Waals surface area (Å²) in [4.78, 5) is 11.3. The second kappa shape index (κ2) is 2.39. The van der Waals surface area contributed by atoms with E-state index in [0.29, 0.717) is 13.2 Å². The van der Waals surface area contributed by atoms with E-state index >= 15 is 0 Å². The van der Waals surface area contributed by atoms with Gasteiger partial charge in [0.05, 0.1) is 12.8 Å². The van der Waals surface area contributed by atoms with Crippen LogP contribution < -0.4 is 0 Å². The molecule has 4 heteroatoms. The van der Waals surface area contributed by atoms with E-state index in [0.717, 1.165) is 0 Å². The Morgan fingerprint density at radius 3 is 2.89 bits per heavy atom. The number of ether oxygens (including phenoxy) is 1. The van der Waals surface area contributed by atoms with Gasteiger partial charge in [0.15, 0.2) is 0 Å². The molecule has 0 bridgehead atoms. The first-order chi connectivity index (χ1) is 4.30. The zero-order chi connectivity index (χ0) is 6.69. The normalized spacial score (nSPS) is 17.1. The van der Waals surface area contributed by atoms with Crippen molar-refractivity contribution in [3.63, 3.8) is 0 Å². The molecule has 0 aliphatic carbocycles. The highest BCUT2D eigenvalue weighted by atomic mass is 16.5. The van der Waals surface area contributed by atoms with E-state index < -0.39 is 6.09 Å². The maximum atomic E-state index is 10.2. The molecule has 0 saturated carbocycles. The van der Waals surface area contributed by atoms with E-state index in [2.05, 4.69) is 0 Å². The Labute approximate surface area is 52.3 Å². The quantitative estimate of drug-likeness (QED) is 0.517. The van der Waals surface area contributed by atoms with Gasteiger partial charge < -0.3 is 9.84 Å². The molecule has 50 valence electrons. The van der Waals surface area contributed by atoms with Crippen molar-refractivity contribution >= 4 is 6.09 Å². The third kappa shape index (κ3) is 1.35. The van der Waals surface area contributed by atoms with Crippen LogP contribution in [0.1, 0.15) is 0 Å². The van der Waals surface area contributed by atoms with Gasteiger partial charge in [-0.3, -0.25) is 4.90 Å². The van der Waals surface area contributed by atoms with E-state index in [1.54, 1.807) is 0 Å². The van der Waals surface area contributed by atoms with Crippen LogP contribution in [0.2, 0.25) is 0 Å². The number of amides is 1. The van der Waals surface area contributed by atoms with Crippen LogP contribution in [0.5, 0.6) is 0 Å². The molecule has 0 atom stereocenters. The van der Waals surface area contributed by atoms with Crippen LogP contribution in [0.3, 0.4) is 0 Å². The van der Waals surface area contributed by atoms with Crippen molar-refractivity contribution in [1.29, 1.82) is 0 Å². The molecule has 1 N–H and O–H groups in total. The van der Waals surface area contributed by atoms with Crippen molar-refractivity contribution in [1.82, 2.24) is 4.90 Å². The lowest BCUT2D eigenvalue weighted by atomic mass is 10.5. The molecule has 1 rings (SSSR count). The fourth-order valence-corrected chi connectivity index (χ4v) is 0.570. The minimum atomic E-state index is -0.936. The minimum absolute atomic E-state index is 0.422. The fraction of sp³-hybridized carbons (Fsp3) is 0.400. The fourth-order valence-electron chi connectivity index (χ4n) is 0.570. The van der Waals surface area contributed by atoms with E-state index in [9.17, 15) is 4.79 Å². The summed E-state index contributed by atoms with van der Waals surface area (Å²) in [5.41, 5.74) is 0. The standard InChI is InChI=1S/C5H7NO3/c7-5(8)6-1-3-9-4-2-6/h1,3H,2,4H2,(H,7,8). The van der Waals surface area contributed by atoms with Crippen molar-refractivity contribution in [3.05, 3.63) is 12.5 Å². The van der Waals surface area contributed by atoms with Gasteiger partial charge in [0.25, 0.3) is 0 Å². The molecule has 1 heterocycles. The maximum absolute atomic E-state index is 10.2. The van der Waals surface area contributed by atoms with Gasteiger partial charge in [-0.05, 0) is 0 Å². The van der Waals surface area contributed by atoms with Gasteiger partial charge in [-0.25, -0.2) is 4.79 Å². The largest absolute Gasteiger partial charge is 0.498 e. The predicted molar refractivity (Wildman–Crippen MR) is 29.8 cm³/mol. The summed E-state index contributed by atoms with van der Waals surface area (Å²) in [7, 11) is 0. The zero-order valence-electron chi connectivity index (χ0n) is 4.78. The van der Waals surface area contributed by atoms with Crippen LogP contribution in [-0.2, 0) is 4.74 Å². The second-order valence-electron chi connectivity index (χ2n) is 1.63. The average Bonchev–Trinajstić information content (AvgIpc) is 1.90. The van der Waals surface area contributed by atoms with Gasteiger partial charge in [-0.15, -0.1) is 0 Å². The second-order valence-corrected chi connectivity index (χ2v) is 1.63. The van der Waals surface area contributed by atoms with E-state index in [4.69, 9.17) is 9.84 Å². The van der Waals surface area contributed by atoms with Gasteiger partial charge in [0.2, 0.25) is 0 Å². The minimum Gasteiger partial charge on any atom is -0.498 e. The summed E-state index contributed by atoms with van der Waals surface area (Å²) in [5, 5.41) is 8.36. The van der Waals surface area contributed by atoms with Gasteiger partial charge >= 0.3 is 6.09 Å². The number of carbonyl (C=O) groups is 1. The lowest BCUT2D eigenvalue weighted by molar-refractivity contribution is 0.132. The highest BCUT2D eigenvalue weighted by Gasteiger charge is 2.09. The highest BCUT2D eigenvalue weighted by Crippen LogP contribution is 1.97. The molecule has 0 unspecified atom stereocenters. The molecule has 0 aromatic heterocycles. The Morgan fingerprint density at radius 2 is 2.56 bits per heavy atom. The highest BCUT2D eigenvalue weighted by molar-refractivity contribution is 5.66. The van der Waals surface area contributed by atoms with Crippen molar-refractivity contribution in [2.45, 2.75) is 0 Å². The number of carboxylic acid groups (broad SMARTS) is 1. The van der Waals surface area contributed by atoms with Crippen LogP contribution in [0.15, 0.2) is 12.5 Å². The van der Waals surface area contributed by atoms with Crippen LogP contribution in [-0.4, -0.2) is 29.3 Å². The Morgan fingerprint density at radius 1 is 1.78 bits per heavy atom. The molecule has 1 amide bonds. The molecule has 0 aromatic carbocycles. The average molecular weight is 129 g/mol. The molecule has 1 aliphatic heterocycles. The SMILES string of the molecule is O=C(O)N1C=COCC1. The monoisotopic (exact) mass is 129 g/mol. The molecule has 1 aliphatic rings. The first-order valence-electron chi connectivity index (χ1n) is 2.58. The molecular formula is C5H7NO3. The van der Waals surface area contributed by atoms with Crippen LogP contribution >= 0.6 is 0 Å². The van der Waals surface area contributed by atoms with E-state index in [1.807, 2.05) is 0 Å².